The first-order chi connectivity index (χ1) is 13.5. The van der Waals surface area contributed by atoms with Crippen molar-refractivity contribution in [2.45, 2.75) is 64.0 Å². The molecule has 1 aliphatic heterocycles. The molecule has 4 rings (SSSR count). The first-order valence-corrected chi connectivity index (χ1v) is 10.4. The number of carbonyl (C=O) groups is 1. The number of halogens is 1. The van der Waals surface area contributed by atoms with Gasteiger partial charge in [-0.3, -0.25) is 9.69 Å². The molecule has 1 saturated heterocycles. The summed E-state index contributed by atoms with van der Waals surface area (Å²) in [6.07, 6.45) is 6.43. The zero-order chi connectivity index (χ0) is 19.7. The molecule has 2 aromatic rings. The normalized spacial score (nSPS) is 25.2. The number of carbonyl (C=O) groups excluding carboxylic acids is 1. The van der Waals surface area contributed by atoms with E-state index in [2.05, 4.69) is 29.3 Å². The van der Waals surface area contributed by atoms with Crippen molar-refractivity contribution in [3.63, 3.8) is 0 Å². The van der Waals surface area contributed by atoms with E-state index in [0.717, 1.165) is 23.3 Å². The van der Waals surface area contributed by atoms with Crippen molar-refractivity contribution < 1.29 is 9.18 Å². The maximum atomic E-state index is 13.5. The Hall–Kier alpha value is -2.20. The van der Waals surface area contributed by atoms with Crippen LogP contribution < -0.4 is 5.32 Å². The Bertz CT molecular complexity index is 848. The minimum atomic E-state index is -0.394. The van der Waals surface area contributed by atoms with E-state index in [0.29, 0.717) is 11.5 Å². The number of benzene rings is 2. The van der Waals surface area contributed by atoms with Crippen molar-refractivity contribution in [1.29, 1.82) is 0 Å². The van der Waals surface area contributed by atoms with Gasteiger partial charge in [-0.05, 0) is 93.8 Å². The Morgan fingerprint density at radius 2 is 1.89 bits per heavy atom. The highest BCUT2D eigenvalue weighted by Crippen LogP contribution is 2.39. The Morgan fingerprint density at radius 1 is 1.11 bits per heavy atom. The molecule has 1 aliphatic carbocycles. The molecule has 3 nitrogen and oxygen atoms in total. The van der Waals surface area contributed by atoms with Crippen LogP contribution in [0.4, 0.5) is 10.1 Å². The zero-order valence-electron chi connectivity index (χ0n) is 16.7. The zero-order valence-corrected chi connectivity index (χ0v) is 16.7. The van der Waals surface area contributed by atoms with Crippen molar-refractivity contribution in [2.75, 3.05) is 11.9 Å². The largest absolute Gasteiger partial charge is 0.322 e. The monoisotopic (exact) mass is 380 g/mol. The number of likely N-dealkylation sites (tertiary alicyclic amines) is 1. The van der Waals surface area contributed by atoms with Crippen LogP contribution >= 0.6 is 0 Å². The molecule has 0 spiro atoms. The second-order valence-corrected chi connectivity index (χ2v) is 8.43. The molecule has 2 aliphatic rings. The van der Waals surface area contributed by atoms with E-state index >= 15 is 0 Å². The summed E-state index contributed by atoms with van der Waals surface area (Å²) in [5.74, 6) is -0.0593. The van der Waals surface area contributed by atoms with Gasteiger partial charge in [0.2, 0.25) is 0 Å². The highest BCUT2D eigenvalue weighted by atomic mass is 19.1. The molecular weight excluding hydrogens is 351 g/mol. The van der Waals surface area contributed by atoms with Crippen molar-refractivity contribution in [3.8, 4) is 0 Å². The lowest BCUT2D eigenvalue weighted by Crippen LogP contribution is -2.35. The smallest absolute Gasteiger partial charge is 0.256 e. The number of hydrogen-bond donors (Lipinski definition) is 1. The lowest BCUT2D eigenvalue weighted by Gasteiger charge is -2.28. The van der Waals surface area contributed by atoms with Gasteiger partial charge in [-0.25, -0.2) is 4.39 Å². The molecule has 3 atom stereocenters. The van der Waals surface area contributed by atoms with Crippen LogP contribution in [0.5, 0.6) is 0 Å². The van der Waals surface area contributed by atoms with Gasteiger partial charge in [0.05, 0.1) is 0 Å². The number of hydrogen-bond acceptors (Lipinski definition) is 2. The van der Waals surface area contributed by atoms with Crippen LogP contribution in [0.1, 0.15) is 66.4 Å². The summed E-state index contributed by atoms with van der Waals surface area (Å²) in [6, 6.07) is 13.9. The Morgan fingerprint density at radius 3 is 2.61 bits per heavy atom. The first kappa shape index (κ1) is 19.1. The number of nitrogens with zero attached hydrogens (tertiary/aromatic N) is 1. The van der Waals surface area contributed by atoms with E-state index in [1.807, 2.05) is 19.1 Å². The summed E-state index contributed by atoms with van der Waals surface area (Å²) in [5, 5.41) is 2.89. The maximum Gasteiger partial charge on any atom is 0.256 e. The van der Waals surface area contributed by atoms with Crippen LogP contribution in [0.15, 0.2) is 42.5 Å². The van der Waals surface area contributed by atoms with E-state index in [4.69, 9.17) is 0 Å². The van der Waals surface area contributed by atoms with Gasteiger partial charge in [0.15, 0.2) is 0 Å². The summed E-state index contributed by atoms with van der Waals surface area (Å²) in [7, 11) is 0. The van der Waals surface area contributed by atoms with Crippen molar-refractivity contribution in [3.05, 3.63) is 65.0 Å². The molecule has 1 saturated carbocycles. The number of nitrogens with one attached hydrogen (secondary N) is 1. The molecule has 1 heterocycles. The van der Waals surface area contributed by atoms with Crippen LogP contribution in [0, 0.1) is 12.7 Å². The van der Waals surface area contributed by atoms with Gasteiger partial charge in [0, 0.05) is 23.3 Å². The van der Waals surface area contributed by atoms with Gasteiger partial charge >= 0.3 is 0 Å². The SMILES string of the molecule is Cc1ccc(F)cc1C(=O)Nc1ccc(C2CC[C@H](N3CCC[C@@H]3C)C2)cc1. The van der Waals surface area contributed by atoms with Crippen molar-refractivity contribution in [2.24, 2.45) is 0 Å². The van der Waals surface area contributed by atoms with Crippen LogP contribution in [0.3, 0.4) is 0 Å². The summed E-state index contributed by atoms with van der Waals surface area (Å²) in [6.45, 7) is 5.43. The van der Waals surface area contributed by atoms with Crippen LogP contribution in [0.25, 0.3) is 0 Å². The van der Waals surface area contributed by atoms with Gasteiger partial charge in [0.1, 0.15) is 5.82 Å². The molecule has 4 heteroatoms. The molecule has 0 aromatic heterocycles. The number of rotatable bonds is 4. The number of amides is 1. The lowest BCUT2D eigenvalue weighted by atomic mass is 9.97. The topological polar surface area (TPSA) is 32.3 Å². The molecule has 2 fully saturated rings. The van der Waals surface area contributed by atoms with Crippen LogP contribution in [0.2, 0.25) is 0 Å². The second-order valence-electron chi connectivity index (χ2n) is 8.43. The number of aryl methyl sites for hydroxylation is 1. The van der Waals surface area contributed by atoms with Gasteiger partial charge in [-0.1, -0.05) is 18.2 Å². The fourth-order valence-electron chi connectivity index (χ4n) is 4.94. The molecule has 148 valence electrons. The highest BCUT2D eigenvalue weighted by molar-refractivity contribution is 6.05. The fourth-order valence-corrected chi connectivity index (χ4v) is 4.94. The summed E-state index contributed by atoms with van der Waals surface area (Å²) >= 11 is 0. The highest BCUT2D eigenvalue weighted by Gasteiger charge is 2.34. The minimum Gasteiger partial charge on any atom is -0.322 e. The molecular formula is C24H29FN2O. The van der Waals surface area contributed by atoms with Gasteiger partial charge in [-0.2, -0.15) is 0 Å². The molecule has 1 unspecified atom stereocenters. The summed E-state index contributed by atoms with van der Waals surface area (Å²) in [5.41, 5.74) is 3.25. The van der Waals surface area contributed by atoms with Gasteiger partial charge < -0.3 is 5.32 Å². The number of anilines is 1. The van der Waals surface area contributed by atoms with E-state index in [1.54, 1.807) is 6.07 Å². The second kappa shape index (κ2) is 8.04. The van der Waals surface area contributed by atoms with Crippen LogP contribution in [-0.4, -0.2) is 29.4 Å². The van der Waals surface area contributed by atoms with Crippen molar-refractivity contribution in [1.82, 2.24) is 4.90 Å². The van der Waals surface area contributed by atoms with E-state index in [9.17, 15) is 9.18 Å². The third kappa shape index (κ3) is 3.97. The quantitative estimate of drug-likeness (QED) is 0.759. The Balaban J connectivity index is 1.39. The average Bonchev–Trinajstić information content (AvgIpc) is 3.33. The lowest BCUT2D eigenvalue weighted by molar-refractivity contribution is 0.102. The molecule has 0 radical (unpaired) electrons. The predicted octanol–water partition coefficient (Wildman–Crippen LogP) is 5.51. The molecule has 1 N–H and O–H groups in total. The van der Waals surface area contributed by atoms with E-state index in [-0.39, 0.29) is 5.91 Å². The molecule has 0 bridgehead atoms. The van der Waals surface area contributed by atoms with Crippen LogP contribution in [-0.2, 0) is 0 Å². The first-order valence-electron chi connectivity index (χ1n) is 10.4. The predicted molar refractivity (Wildman–Crippen MR) is 111 cm³/mol. The minimum absolute atomic E-state index is 0.270. The van der Waals surface area contributed by atoms with E-state index < -0.39 is 5.82 Å². The fraction of sp³-hybridized carbons (Fsp3) is 0.458. The Labute approximate surface area is 166 Å². The average molecular weight is 381 g/mol. The molecule has 28 heavy (non-hydrogen) atoms. The Kier molecular flexibility index (Phi) is 5.49. The third-order valence-corrected chi connectivity index (χ3v) is 6.56. The van der Waals surface area contributed by atoms with Gasteiger partial charge in [0.25, 0.3) is 5.91 Å². The molecule has 2 aromatic carbocycles. The van der Waals surface area contributed by atoms with Crippen molar-refractivity contribution >= 4 is 11.6 Å². The maximum absolute atomic E-state index is 13.5. The third-order valence-electron chi connectivity index (χ3n) is 6.56. The van der Waals surface area contributed by atoms with Gasteiger partial charge in [-0.15, -0.1) is 0 Å². The summed E-state index contributed by atoms with van der Waals surface area (Å²) in [4.78, 5) is 15.2. The molecule has 1 amide bonds. The standard InChI is InChI=1S/C24H29FN2O/c1-16-5-9-20(25)15-23(16)24(28)26-21-10-6-18(7-11-21)19-8-12-22(14-19)27-13-3-4-17(27)2/h5-7,9-11,15,17,19,22H,3-4,8,12-14H2,1-2H3,(H,26,28)/t17-,19?,22-/m0/s1. The summed E-state index contributed by atoms with van der Waals surface area (Å²) < 4.78 is 13.5. The van der Waals surface area contributed by atoms with E-state index in [1.165, 1.54) is 56.3 Å².